The summed E-state index contributed by atoms with van der Waals surface area (Å²) in [5, 5.41) is 0. The molecule has 0 N–H and O–H groups in total. The lowest BCUT2D eigenvalue weighted by atomic mass is 9.63. The van der Waals surface area contributed by atoms with Gasteiger partial charge in [-0.25, -0.2) is 0 Å². The zero-order chi connectivity index (χ0) is 20.4. The molecule has 2 nitrogen and oxygen atoms in total. The molecule has 0 aromatic heterocycles. The average molecular weight is 406 g/mol. The van der Waals surface area contributed by atoms with Crippen LogP contribution in [-0.4, -0.2) is 5.72 Å². The van der Waals surface area contributed by atoms with E-state index in [1.807, 2.05) is 0 Å². The lowest BCUT2D eigenvalue weighted by Crippen LogP contribution is -2.60. The van der Waals surface area contributed by atoms with Crippen LogP contribution in [-0.2, 0) is 6.42 Å². The number of anilines is 1. The molecule has 31 heavy (non-hydrogen) atoms. The van der Waals surface area contributed by atoms with Crippen molar-refractivity contribution in [3.05, 3.63) is 101 Å². The van der Waals surface area contributed by atoms with E-state index in [9.17, 15) is 0 Å². The molecule has 2 heteroatoms. The van der Waals surface area contributed by atoms with Crippen LogP contribution >= 0.6 is 0 Å². The van der Waals surface area contributed by atoms with E-state index in [0.717, 1.165) is 25.0 Å². The normalized spacial score (nSPS) is 28.1. The standard InChI is InChI=1S/C29H27NO/c1-2-11-21(12-3-1)27-23-18-17-20-10-4-5-13-22(20)28(23)30-25-15-6-7-16-26(25)31-29(30)19-9-8-14-24(27)29/h1-7,10-13,15-16,24,27H,8-9,14,17-19H2. The van der Waals surface area contributed by atoms with Crippen LogP contribution in [0.5, 0.6) is 5.75 Å². The van der Waals surface area contributed by atoms with Gasteiger partial charge in [0.05, 0.1) is 11.4 Å². The highest BCUT2D eigenvalue weighted by Crippen LogP contribution is 2.63. The summed E-state index contributed by atoms with van der Waals surface area (Å²) in [6.45, 7) is 0. The van der Waals surface area contributed by atoms with E-state index in [0.29, 0.717) is 11.8 Å². The highest BCUT2D eigenvalue weighted by molar-refractivity contribution is 5.90. The van der Waals surface area contributed by atoms with Gasteiger partial charge in [-0.3, -0.25) is 4.90 Å². The number of ether oxygens (including phenoxy) is 1. The summed E-state index contributed by atoms with van der Waals surface area (Å²) in [5.74, 6) is 1.95. The summed E-state index contributed by atoms with van der Waals surface area (Å²) in [7, 11) is 0. The molecular formula is C29H27NO. The molecule has 1 saturated carbocycles. The van der Waals surface area contributed by atoms with E-state index < -0.39 is 0 Å². The summed E-state index contributed by atoms with van der Waals surface area (Å²) in [6.07, 6.45) is 7.11. The largest absolute Gasteiger partial charge is 0.465 e. The van der Waals surface area contributed by atoms with Gasteiger partial charge in [0.2, 0.25) is 0 Å². The van der Waals surface area contributed by atoms with Gasteiger partial charge in [-0.2, -0.15) is 0 Å². The van der Waals surface area contributed by atoms with E-state index in [2.05, 4.69) is 83.8 Å². The molecule has 154 valence electrons. The Morgan fingerprint density at radius 2 is 1.61 bits per heavy atom. The van der Waals surface area contributed by atoms with E-state index in [1.54, 1.807) is 5.57 Å². The average Bonchev–Trinajstić information content (AvgIpc) is 3.16. The smallest absolute Gasteiger partial charge is 0.191 e. The zero-order valence-electron chi connectivity index (χ0n) is 17.8. The Labute approximate surface area is 184 Å². The van der Waals surface area contributed by atoms with Gasteiger partial charge in [0.25, 0.3) is 0 Å². The first-order valence-electron chi connectivity index (χ1n) is 11.8. The van der Waals surface area contributed by atoms with Crippen LogP contribution in [0.1, 0.15) is 54.7 Å². The van der Waals surface area contributed by atoms with Gasteiger partial charge in [-0.05, 0) is 54.5 Å². The molecule has 0 amide bonds. The fraction of sp³-hybridized carbons (Fsp3) is 0.310. The maximum Gasteiger partial charge on any atom is 0.191 e. The Balaban J connectivity index is 1.56. The van der Waals surface area contributed by atoms with Crippen LogP contribution in [0.25, 0.3) is 5.70 Å². The molecule has 3 atom stereocenters. The van der Waals surface area contributed by atoms with Gasteiger partial charge >= 0.3 is 0 Å². The van der Waals surface area contributed by atoms with Gasteiger partial charge in [0.15, 0.2) is 5.72 Å². The van der Waals surface area contributed by atoms with Crippen molar-refractivity contribution in [3.8, 4) is 5.75 Å². The molecule has 0 saturated heterocycles. The van der Waals surface area contributed by atoms with Crippen LogP contribution in [0.15, 0.2) is 84.4 Å². The van der Waals surface area contributed by atoms with Crippen LogP contribution in [0, 0.1) is 5.92 Å². The summed E-state index contributed by atoms with van der Waals surface area (Å²) in [5.41, 5.74) is 8.37. The second kappa shape index (κ2) is 6.50. The van der Waals surface area contributed by atoms with Gasteiger partial charge in [-0.15, -0.1) is 0 Å². The van der Waals surface area contributed by atoms with Crippen molar-refractivity contribution < 1.29 is 4.74 Å². The summed E-state index contributed by atoms with van der Waals surface area (Å²) in [6, 6.07) is 29.0. The molecule has 2 aliphatic carbocycles. The van der Waals surface area contributed by atoms with Gasteiger partial charge in [0.1, 0.15) is 5.75 Å². The van der Waals surface area contributed by atoms with Crippen LogP contribution in [0.2, 0.25) is 0 Å². The molecular weight excluding hydrogens is 378 g/mol. The predicted octanol–water partition coefficient (Wildman–Crippen LogP) is 6.93. The number of allylic oxidation sites excluding steroid dienone is 1. The molecule has 3 aromatic rings. The first kappa shape index (κ1) is 17.7. The molecule has 1 fully saturated rings. The van der Waals surface area contributed by atoms with E-state index in [1.165, 1.54) is 47.3 Å². The second-order valence-corrected chi connectivity index (χ2v) is 9.52. The maximum atomic E-state index is 7.01. The monoisotopic (exact) mass is 405 g/mol. The number of para-hydroxylation sites is 2. The Morgan fingerprint density at radius 3 is 2.55 bits per heavy atom. The van der Waals surface area contributed by atoms with Crippen molar-refractivity contribution in [3.63, 3.8) is 0 Å². The van der Waals surface area contributed by atoms with Crippen LogP contribution in [0.4, 0.5) is 5.69 Å². The fourth-order valence-electron chi connectivity index (χ4n) is 6.90. The minimum atomic E-state index is -0.272. The summed E-state index contributed by atoms with van der Waals surface area (Å²) in [4.78, 5) is 2.64. The van der Waals surface area contributed by atoms with Gasteiger partial charge in [0, 0.05) is 23.8 Å². The quantitative estimate of drug-likeness (QED) is 0.435. The Kier molecular flexibility index (Phi) is 3.70. The number of hydrogen-bond acceptors (Lipinski definition) is 2. The lowest BCUT2D eigenvalue weighted by Gasteiger charge is -2.55. The third-order valence-corrected chi connectivity index (χ3v) is 8.05. The molecule has 3 unspecified atom stereocenters. The van der Waals surface area contributed by atoms with Gasteiger partial charge in [-0.1, -0.05) is 73.2 Å². The SMILES string of the molecule is c1ccc(C2C3=C(c4ccccc4CC3)N3c4ccccc4OC34CCCCC24)cc1. The molecule has 2 aliphatic heterocycles. The highest BCUT2D eigenvalue weighted by Gasteiger charge is 2.60. The minimum absolute atomic E-state index is 0.272. The number of fused-ring (bicyclic) bond motifs is 5. The molecule has 0 bridgehead atoms. The second-order valence-electron chi connectivity index (χ2n) is 9.52. The van der Waals surface area contributed by atoms with E-state index in [-0.39, 0.29) is 5.72 Å². The Morgan fingerprint density at radius 1 is 0.806 bits per heavy atom. The van der Waals surface area contributed by atoms with Crippen molar-refractivity contribution in [2.45, 2.75) is 50.2 Å². The van der Waals surface area contributed by atoms with Crippen molar-refractivity contribution in [1.29, 1.82) is 0 Å². The van der Waals surface area contributed by atoms with E-state index >= 15 is 0 Å². The third-order valence-electron chi connectivity index (χ3n) is 8.05. The number of benzene rings is 3. The lowest BCUT2D eigenvalue weighted by molar-refractivity contribution is -0.0148. The molecule has 1 spiro atoms. The molecule has 3 aromatic carbocycles. The molecule has 2 heterocycles. The first-order valence-corrected chi connectivity index (χ1v) is 11.8. The summed E-state index contributed by atoms with van der Waals surface area (Å²) >= 11 is 0. The Hall–Kier alpha value is -3.00. The highest BCUT2D eigenvalue weighted by atomic mass is 16.5. The Bertz CT molecular complexity index is 1200. The number of nitrogens with zero attached hydrogens (tertiary/aromatic N) is 1. The first-order chi connectivity index (χ1) is 15.4. The fourth-order valence-corrected chi connectivity index (χ4v) is 6.90. The third kappa shape index (κ3) is 2.34. The van der Waals surface area contributed by atoms with Crippen LogP contribution in [0.3, 0.4) is 0 Å². The molecule has 7 rings (SSSR count). The minimum Gasteiger partial charge on any atom is -0.465 e. The number of hydrogen-bond donors (Lipinski definition) is 0. The number of aryl methyl sites for hydroxylation is 1. The van der Waals surface area contributed by atoms with Crippen molar-refractivity contribution in [2.24, 2.45) is 5.92 Å². The summed E-state index contributed by atoms with van der Waals surface area (Å²) < 4.78 is 7.01. The van der Waals surface area contributed by atoms with Crippen molar-refractivity contribution in [1.82, 2.24) is 0 Å². The van der Waals surface area contributed by atoms with Crippen molar-refractivity contribution >= 4 is 11.4 Å². The van der Waals surface area contributed by atoms with Gasteiger partial charge < -0.3 is 4.74 Å². The molecule has 4 aliphatic rings. The zero-order valence-corrected chi connectivity index (χ0v) is 17.8. The number of rotatable bonds is 1. The maximum absolute atomic E-state index is 7.01. The van der Waals surface area contributed by atoms with E-state index in [4.69, 9.17) is 4.74 Å². The topological polar surface area (TPSA) is 12.5 Å². The van der Waals surface area contributed by atoms with Crippen LogP contribution < -0.4 is 9.64 Å². The molecule has 0 radical (unpaired) electrons. The van der Waals surface area contributed by atoms with Crippen molar-refractivity contribution in [2.75, 3.05) is 4.90 Å². The predicted molar refractivity (Wildman–Crippen MR) is 125 cm³/mol.